The maximum Gasteiger partial charge on any atom is -0.0136 e. The third kappa shape index (κ3) is 4.13. The van der Waals surface area contributed by atoms with E-state index in [9.17, 15) is 0 Å². The van der Waals surface area contributed by atoms with Gasteiger partial charge in [-0.2, -0.15) is 0 Å². The molecule has 0 aromatic carbocycles. The fraction of sp³-hybridized carbons (Fsp3) is 0.400. The van der Waals surface area contributed by atoms with Crippen LogP contribution in [0.1, 0.15) is 27.2 Å². The van der Waals surface area contributed by atoms with Gasteiger partial charge >= 0.3 is 0 Å². The molecule has 0 heteroatoms. The Bertz CT molecular complexity index is 159. The van der Waals surface area contributed by atoms with Gasteiger partial charge in [0.15, 0.2) is 0 Å². The van der Waals surface area contributed by atoms with Crippen molar-refractivity contribution in [1.29, 1.82) is 0 Å². The summed E-state index contributed by atoms with van der Waals surface area (Å²) in [7, 11) is 0. The van der Waals surface area contributed by atoms with Gasteiger partial charge in [0.2, 0.25) is 0 Å². The van der Waals surface area contributed by atoms with E-state index in [2.05, 4.69) is 39.5 Å². The van der Waals surface area contributed by atoms with Gasteiger partial charge in [-0.05, 0) is 27.2 Å². The van der Waals surface area contributed by atoms with Crippen LogP contribution < -0.4 is 0 Å². The van der Waals surface area contributed by atoms with Crippen molar-refractivity contribution >= 4 is 0 Å². The van der Waals surface area contributed by atoms with Crippen LogP contribution in [0.15, 0.2) is 36.0 Å². The Hall–Kier alpha value is -0.780. The molecule has 0 aliphatic carbocycles. The first-order valence-electron chi connectivity index (χ1n) is 3.61. The zero-order valence-electron chi connectivity index (χ0n) is 7.15. The van der Waals surface area contributed by atoms with Crippen LogP contribution in [0.5, 0.6) is 0 Å². The standard InChI is InChI=1S/C10H16/c1-5-9(3)7-8-10(4)6-2/h5-7H,1,8H2,2-4H3/b9-7+,10-6+. The first-order chi connectivity index (χ1) is 4.70. The van der Waals surface area contributed by atoms with E-state index < -0.39 is 0 Å². The van der Waals surface area contributed by atoms with Crippen LogP contribution in [-0.2, 0) is 0 Å². The average Bonchev–Trinajstić information content (AvgIpc) is 1.99. The molecule has 0 heterocycles. The Labute approximate surface area is 64.0 Å². The van der Waals surface area contributed by atoms with E-state index in [0.717, 1.165) is 6.42 Å². The second kappa shape index (κ2) is 5.04. The van der Waals surface area contributed by atoms with Gasteiger partial charge in [-0.1, -0.05) is 36.0 Å². The quantitative estimate of drug-likeness (QED) is 0.411. The summed E-state index contributed by atoms with van der Waals surface area (Å²) in [6.07, 6.45) is 7.24. The molecule has 0 nitrogen and oxygen atoms in total. The summed E-state index contributed by atoms with van der Waals surface area (Å²) >= 11 is 0. The van der Waals surface area contributed by atoms with Crippen molar-refractivity contribution in [1.82, 2.24) is 0 Å². The molecule has 0 unspecified atom stereocenters. The summed E-state index contributed by atoms with van der Waals surface area (Å²) in [5.41, 5.74) is 2.66. The molecule has 0 atom stereocenters. The number of rotatable bonds is 3. The molecule has 0 saturated carbocycles. The van der Waals surface area contributed by atoms with Gasteiger partial charge in [-0.15, -0.1) is 0 Å². The lowest BCUT2D eigenvalue weighted by molar-refractivity contribution is 1.18. The molecule has 10 heavy (non-hydrogen) atoms. The van der Waals surface area contributed by atoms with Gasteiger partial charge in [0.1, 0.15) is 0 Å². The zero-order chi connectivity index (χ0) is 7.98. The molecule has 0 radical (unpaired) electrons. The maximum absolute atomic E-state index is 3.68. The largest absolute Gasteiger partial charge is 0.0988 e. The van der Waals surface area contributed by atoms with Gasteiger partial charge in [-0.25, -0.2) is 0 Å². The van der Waals surface area contributed by atoms with Gasteiger partial charge in [0.05, 0.1) is 0 Å². The highest BCUT2D eigenvalue weighted by atomic mass is 13.9. The molecule has 0 N–H and O–H groups in total. The van der Waals surface area contributed by atoms with E-state index in [1.807, 2.05) is 6.08 Å². The van der Waals surface area contributed by atoms with Crippen LogP contribution in [0, 0.1) is 0 Å². The third-order valence-corrected chi connectivity index (χ3v) is 1.56. The molecular formula is C10H16. The molecule has 0 rings (SSSR count). The average molecular weight is 136 g/mol. The fourth-order valence-corrected chi connectivity index (χ4v) is 0.523. The minimum absolute atomic E-state index is 1.05. The predicted molar refractivity (Wildman–Crippen MR) is 48.0 cm³/mol. The lowest BCUT2D eigenvalue weighted by atomic mass is 10.1. The van der Waals surface area contributed by atoms with E-state index >= 15 is 0 Å². The molecule has 0 fully saturated rings. The first-order valence-corrected chi connectivity index (χ1v) is 3.61. The van der Waals surface area contributed by atoms with Crippen LogP contribution in [0.4, 0.5) is 0 Å². The molecular weight excluding hydrogens is 120 g/mol. The second-order valence-electron chi connectivity index (χ2n) is 2.49. The first kappa shape index (κ1) is 9.22. The van der Waals surface area contributed by atoms with Gasteiger partial charge in [-0.3, -0.25) is 0 Å². The Morgan fingerprint density at radius 1 is 1.40 bits per heavy atom. The lowest BCUT2D eigenvalue weighted by Crippen LogP contribution is -1.72. The fourth-order valence-electron chi connectivity index (χ4n) is 0.523. The molecule has 0 spiro atoms. The van der Waals surface area contributed by atoms with Crippen molar-refractivity contribution in [3.63, 3.8) is 0 Å². The smallest absolute Gasteiger partial charge is 0.0136 e. The second-order valence-corrected chi connectivity index (χ2v) is 2.49. The number of hydrogen-bond acceptors (Lipinski definition) is 0. The van der Waals surface area contributed by atoms with E-state index in [1.165, 1.54) is 11.1 Å². The Balaban J connectivity index is 3.83. The van der Waals surface area contributed by atoms with E-state index in [0.29, 0.717) is 0 Å². The van der Waals surface area contributed by atoms with Crippen LogP contribution >= 0.6 is 0 Å². The monoisotopic (exact) mass is 136 g/mol. The Kier molecular flexibility index (Phi) is 4.65. The zero-order valence-corrected chi connectivity index (χ0v) is 7.15. The van der Waals surface area contributed by atoms with Crippen molar-refractivity contribution in [3.8, 4) is 0 Å². The van der Waals surface area contributed by atoms with Gasteiger partial charge < -0.3 is 0 Å². The highest BCUT2D eigenvalue weighted by Crippen LogP contribution is 2.03. The maximum atomic E-state index is 3.68. The summed E-state index contributed by atoms with van der Waals surface area (Å²) in [6.45, 7) is 9.94. The molecule has 0 aliphatic rings. The molecule has 56 valence electrons. The third-order valence-electron chi connectivity index (χ3n) is 1.56. The highest BCUT2D eigenvalue weighted by Gasteiger charge is 1.83. The molecule has 0 bridgehead atoms. The summed E-state index contributed by atoms with van der Waals surface area (Å²) in [4.78, 5) is 0. The highest BCUT2D eigenvalue weighted by molar-refractivity contribution is 5.16. The lowest BCUT2D eigenvalue weighted by Gasteiger charge is -1.93. The number of allylic oxidation sites excluding steroid dienone is 5. The normalized spacial score (nSPS) is 13.5. The van der Waals surface area contributed by atoms with Crippen molar-refractivity contribution < 1.29 is 0 Å². The van der Waals surface area contributed by atoms with Gasteiger partial charge in [0.25, 0.3) is 0 Å². The topological polar surface area (TPSA) is 0 Å². The van der Waals surface area contributed by atoms with Crippen molar-refractivity contribution in [3.05, 3.63) is 36.0 Å². The molecule has 0 amide bonds. The van der Waals surface area contributed by atoms with Crippen LogP contribution in [0.2, 0.25) is 0 Å². The number of hydrogen-bond donors (Lipinski definition) is 0. The molecule has 0 aliphatic heterocycles. The van der Waals surface area contributed by atoms with Crippen molar-refractivity contribution in [2.24, 2.45) is 0 Å². The summed E-state index contributed by atoms with van der Waals surface area (Å²) in [5, 5.41) is 0. The summed E-state index contributed by atoms with van der Waals surface area (Å²) < 4.78 is 0. The van der Waals surface area contributed by atoms with E-state index in [4.69, 9.17) is 0 Å². The molecule has 0 aromatic rings. The SMILES string of the molecule is C=C/C(C)=C/C/C(C)=C/C. The summed E-state index contributed by atoms with van der Waals surface area (Å²) in [6, 6.07) is 0. The van der Waals surface area contributed by atoms with Gasteiger partial charge in [0, 0.05) is 0 Å². The predicted octanol–water partition coefficient (Wildman–Crippen LogP) is 3.48. The van der Waals surface area contributed by atoms with Crippen molar-refractivity contribution in [2.45, 2.75) is 27.2 Å². The minimum atomic E-state index is 1.05. The van der Waals surface area contributed by atoms with E-state index in [-0.39, 0.29) is 0 Å². The summed E-state index contributed by atoms with van der Waals surface area (Å²) in [5.74, 6) is 0. The van der Waals surface area contributed by atoms with Crippen LogP contribution in [0.25, 0.3) is 0 Å². The minimum Gasteiger partial charge on any atom is -0.0988 e. The van der Waals surface area contributed by atoms with Crippen LogP contribution in [0.3, 0.4) is 0 Å². The molecule has 0 aromatic heterocycles. The molecule has 0 saturated heterocycles. The van der Waals surface area contributed by atoms with Crippen molar-refractivity contribution in [2.75, 3.05) is 0 Å². The Morgan fingerprint density at radius 2 is 2.00 bits per heavy atom. The Morgan fingerprint density at radius 3 is 2.40 bits per heavy atom. The van der Waals surface area contributed by atoms with Crippen LogP contribution in [-0.4, -0.2) is 0 Å². The van der Waals surface area contributed by atoms with E-state index in [1.54, 1.807) is 0 Å².